The number of aliphatic carboxylic acids is 1. The number of hydrogen-bond acceptors (Lipinski definition) is 6. The maximum atomic E-state index is 13.4. The minimum Gasteiger partial charge on any atom is -0.481 e. The van der Waals surface area contributed by atoms with Crippen LogP contribution in [0.4, 0.5) is 10.2 Å². The molecule has 0 aromatic carbocycles. The standard InChI is InChI=1S/C12H16FN3O4S/c1-6(2-9(17)18)3-10-20-8(5-21-10)16-4-7(13)11(14)15-12(16)19/h4,6,8,10H,2-3,5H2,1H3,(H,17,18)(H2,14,15,19)/t6?,8-,10+/m1/s1. The summed E-state index contributed by atoms with van der Waals surface area (Å²) in [5.74, 6) is -1.64. The van der Waals surface area contributed by atoms with Gasteiger partial charge in [0.15, 0.2) is 11.6 Å². The molecule has 1 aromatic heterocycles. The van der Waals surface area contributed by atoms with E-state index in [-0.39, 0.29) is 17.8 Å². The molecule has 1 aliphatic heterocycles. The molecule has 0 saturated carbocycles. The van der Waals surface area contributed by atoms with E-state index in [1.807, 2.05) is 6.92 Å². The Kier molecular flexibility index (Phi) is 4.84. The second kappa shape index (κ2) is 6.44. The molecule has 0 aliphatic carbocycles. The Morgan fingerprint density at radius 2 is 2.48 bits per heavy atom. The average molecular weight is 317 g/mol. The zero-order valence-electron chi connectivity index (χ0n) is 11.4. The molecule has 116 valence electrons. The molecule has 3 atom stereocenters. The molecular weight excluding hydrogens is 301 g/mol. The first-order valence-electron chi connectivity index (χ1n) is 6.40. The van der Waals surface area contributed by atoms with E-state index in [0.29, 0.717) is 12.2 Å². The number of anilines is 1. The number of ether oxygens (including phenoxy) is 1. The normalized spacial score (nSPS) is 23.1. The molecule has 21 heavy (non-hydrogen) atoms. The van der Waals surface area contributed by atoms with Gasteiger partial charge in [-0.1, -0.05) is 6.92 Å². The molecule has 0 amide bonds. The van der Waals surface area contributed by atoms with Crippen LogP contribution in [0.5, 0.6) is 0 Å². The zero-order valence-corrected chi connectivity index (χ0v) is 12.2. The topological polar surface area (TPSA) is 107 Å². The lowest BCUT2D eigenvalue weighted by Gasteiger charge is -2.17. The van der Waals surface area contributed by atoms with Crippen LogP contribution >= 0.6 is 11.8 Å². The van der Waals surface area contributed by atoms with Crippen molar-refractivity contribution in [3.8, 4) is 0 Å². The summed E-state index contributed by atoms with van der Waals surface area (Å²) >= 11 is 1.46. The van der Waals surface area contributed by atoms with Crippen molar-refractivity contribution in [3.05, 3.63) is 22.5 Å². The van der Waals surface area contributed by atoms with Crippen molar-refractivity contribution in [3.63, 3.8) is 0 Å². The molecule has 1 aromatic rings. The molecule has 9 heteroatoms. The molecule has 0 radical (unpaired) electrons. The van der Waals surface area contributed by atoms with Gasteiger partial charge >= 0.3 is 11.7 Å². The molecule has 2 heterocycles. The summed E-state index contributed by atoms with van der Waals surface area (Å²) in [4.78, 5) is 25.7. The number of rotatable bonds is 5. The van der Waals surface area contributed by atoms with Crippen molar-refractivity contribution in [1.29, 1.82) is 0 Å². The van der Waals surface area contributed by atoms with Crippen molar-refractivity contribution in [2.24, 2.45) is 5.92 Å². The third-order valence-electron chi connectivity index (χ3n) is 3.10. The van der Waals surface area contributed by atoms with Gasteiger partial charge in [-0.15, -0.1) is 11.8 Å². The van der Waals surface area contributed by atoms with Crippen LogP contribution in [-0.4, -0.2) is 31.8 Å². The van der Waals surface area contributed by atoms with Gasteiger partial charge in [0.2, 0.25) is 0 Å². The molecular formula is C12H16FN3O4S. The third-order valence-corrected chi connectivity index (χ3v) is 4.25. The SMILES string of the molecule is CC(CC(=O)O)C[C@H]1O[C@@H](n2cc(F)c(N)nc2=O)CS1. The highest BCUT2D eigenvalue weighted by molar-refractivity contribution is 7.99. The van der Waals surface area contributed by atoms with E-state index in [2.05, 4.69) is 4.98 Å². The minimum atomic E-state index is -0.858. The van der Waals surface area contributed by atoms with Gasteiger partial charge < -0.3 is 15.6 Å². The monoisotopic (exact) mass is 317 g/mol. The summed E-state index contributed by atoms with van der Waals surface area (Å²) < 4.78 is 20.1. The molecule has 1 unspecified atom stereocenters. The summed E-state index contributed by atoms with van der Waals surface area (Å²) in [5.41, 5.74) is 4.33. The van der Waals surface area contributed by atoms with E-state index in [4.69, 9.17) is 15.6 Å². The van der Waals surface area contributed by atoms with Crippen molar-refractivity contribution in [2.75, 3.05) is 11.5 Å². The Morgan fingerprint density at radius 1 is 1.76 bits per heavy atom. The first-order chi connectivity index (χ1) is 9.86. The lowest BCUT2D eigenvalue weighted by atomic mass is 10.1. The van der Waals surface area contributed by atoms with Crippen LogP contribution in [0.1, 0.15) is 26.0 Å². The first-order valence-corrected chi connectivity index (χ1v) is 7.44. The van der Waals surface area contributed by atoms with E-state index < -0.39 is 29.5 Å². The van der Waals surface area contributed by atoms with Gasteiger partial charge in [-0.05, 0) is 12.3 Å². The molecule has 0 bridgehead atoms. The smallest absolute Gasteiger partial charge is 0.351 e. The van der Waals surface area contributed by atoms with Crippen molar-refractivity contribution in [1.82, 2.24) is 9.55 Å². The number of carboxylic acids is 1. The number of nitrogen functional groups attached to an aromatic ring is 1. The van der Waals surface area contributed by atoms with E-state index in [0.717, 1.165) is 10.8 Å². The van der Waals surface area contributed by atoms with E-state index in [1.165, 1.54) is 11.8 Å². The highest BCUT2D eigenvalue weighted by atomic mass is 32.2. The van der Waals surface area contributed by atoms with Crippen LogP contribution in [0.15, 0.2) is 11.0 Å². The summed E-state index contributed by atoms with van der Waals surface area (Å²) in [6, 6.07) is 0. The van der Waals surface area contributed by atoms with Crippen LogP contribution in [-0.2, 0) is 9.53 Å². The van der Waals surface area contributed by atoms with Gasteiger partial charge in [-0.3, -0.25) is 9.36 Å². The predicted molar refractivity (Wildman–Crippen MR) is 75.3 cm³/mol. The number of carboxylic acid groups (broad SMARTS) is 1. The lowest BCUT2D eigenvalue weighted by molar-refractivity contribution is -0.138. The third kappa shape index (κ3) is 3.94. The fraction of sp³-hybridized carbons (Fsp3) is 0.583. The van der Waals surface area contributed by atoms with Gasteiger partial charge in [0.1, 0.15) is 11.7 Å². The number of hydrogen-bond donors (Lipinski definition) is 2. The van der Waals surface area contributed by atoms with Crippen LogP contribution < -0.4 is 11.4 Å². The molecule has 0 spiro atoms. The van der Waals surface area contributed by atoms with Crippen molar-refractivity contribution in [2.45, 2.75) is 31.4 Å². The number of aromatic nitrogens is 2. The molecule has 1 saturated heterocycles. The van der Waals surface area contributed by atoms with Crippen LogP contribution in [0.3, 0.4) is 0 Å². The van der Waals surface area contributed by atoms with Gasteiger partial charge in [0, 0.05) is 12.2 Å². The maximum absolute atomic E-state index is 13.4. The van der Waals surface area contributed by atoms with Gasteiger partial charge in [0.05, 0.1) is 6.20 Å². The Bertz CT molecular complexity index is 594. The fourth-order valence-electron chi connectivity index (χ4n) is 2.09. The van der Waals surface area contributed by atoms with E-state index >= 15 is 0 Å². The van der Waals surface area contributed by atoms with E-state index in [9.17, 15) is 14.0 Å². The Morgan fingerprint density at radius 3 is 3.14 bits per heavy atom. The van der Waals surface area contributed by atoms with Crippen LogP contribution in [0.25, 0.3) is 0 Å². The Hall–Kier alpha value is -1.61. The lowest BCUT2D eigenvalue weighted by Crippen LogP contribution is -2.29. The minimum absolute atomic E-state index is 0.0447. The van der Waals surface area contributed by atoms with Gasteiger partial charge in [-0.25, -0.2) is 9.18 Å². The molecule has 1 fully saturated rings. The van der Waals surface area contributed by atoms with Gasteiger partial charge in [-0.2, -0.15) is 4.98 Å². The van der Waals surface area contributed by atoms with Crippen LogP contribution in [0.2, 0.25) is 0 Å². The summed E-state index contributed by atoms with van der Waals surface area (Å²) in [5, 5.41) is 8.73. The number of nitrogens with two attached hydrogens (primary N) is 1. The number of halogens is 1. The molecule has 3 N–H and O–H groups in total. The van der Waals surface area contributed by atoms with Crippen molar-refractivity contribution < 1.29 is 19.0 Å². The van der Waals surface area contributed by atoms with Crippen molar-refractivity contribution >= 4 is 23.5 Å². The number of carbonyl (C=O) groups is 1. The summed E-state index contributed by atoms with van der Waals surface area (Å²) in [6.45, 7) is 1.82. The van der Waals surface area contributed by atoms with Crippen LogP contribution in [0, 0.1) is 11.7 Å². The zero-order chi connectivity index (χ0) is 15.6. The molecule has 2 rings (SSSR count). The number of nitrogens with zero attached hydrogens (tertiary/aromatic N) is 2. The molecule has 1 aliphatic rings. The Labute approximate surface area is 124 Å². The second-order valence-corrected chi connectivity index (χ2v) is 6.15. The summed E-state index contributed by atoms with van der Waals surface area (Å²) in [7, 11) is 0. The molecule has 7 nitrogen and oxygen atoms in total. The van der Waals surface area contributed by atoms with E-state index in [1.54, 1.807) is 0 Å². The highest BCUT2D eigenvalue weighted by Crippen LogP contribution is 2.35. The largest absolute Gasteiger partial charge is 0.481 e. The first kappa shape index (κ1) is 15.8. The predicted octanol–water partition coefficient (Wildman–Crippen LogP) is 1.05. The Balaban J connectivity index is 2.01. The summed E-state index contributed by atoms with van der Waals surface area (Å²) in [6.07, 6.45) is 0.974. The maximum Gasteiger partial charge on any atom is 0.351 e. The second-order valence-electron chi connectivity index (χ2n) is 4.96. The fourth-order valence-corrected chi connectivity index (χ4v) is 3.38. The quantitative estimate of drug-likeness (QED) is 0.835. The number of thioether (sulfide) groups is 1. The van der Waals surface area contributed by atoms with Gasteiger partial charge in [0.25, 0.3) is 0 Å². The highest BCUT2D eigenvalue weighted by Gasteiger charge is 2.30. The average Bonchev–Trinajstić information content (AvgIpc) is 2.80.